The van der Waals surface area contributed by atoms with Gasteiger partial charge in [0.2, 0.25) is 21.8 Å². The van der Waals surface area contributed by atoms with Crippen molar-refractivity contribution in [2.75, 3.05) is 6.54 Å². The molecule has 6 aliphatic rings. The average Bonchev–Trinajstić information content (AvgIpc) is 4.01. The summed E-state index contributed by atoms with van der Waals surface area (Å²) in [4.78, 5) is 62.9. The molecular weight excluding hydrogens is 711 g/mol. The second-order valence-corrected chi connectivity index (χ2v) is 19.3. The van der Waals surface area contributed by atoms with Crippen LogP contribution < -0.4 is 20.1 Å². The number of fused-ring (bicyclic) bond motifs is 5. The minimum Gasteiger partial charge on any atom is -0.483 e. The Morgan fingerprint density at radius 2 is 1.80 bits per heavy atom. The van der Waals surface area contributed by atoms with Crippen LogP contribution in [0.25, 0.3) is 10.9 Å². The monoisotopic (exact) mass is 761 g/mol. The van der Waals surface area contributed by atoms with Crippen LogP contribution in [-0.2, 0) is 35.6 Å². The van der Waals surface area contributed by atoms with Gasteiger partial charge in [-0.2, -0.15) is 0 Å². The van der Waals surface area contributed by atoms with E-state index in [1.165, 1.54) is 4.90 Å². The Morgan fingerprint density at radius 1 is 1.02 bits per heavy atom. The zero-order valence-electron chi connectivity index (χ0n) is 31.4. The predicted octanol–water partition coefficient (Wildman–Crippen LogP) is 4.64. The molecule has 54 heavy (non-hydrogen) atoms. The number of hydrogen-bond donors (Lipinski definition) is 3. The van der Waals surface area contributed by atoms with Crippen LogP contribution in [0.2, 0.25) is 0 Å². The normalized spacial score (nSPS) is 31.9. The molecule has 3 aliphatic heterocycles. The number of amides is 4. The standard InChI is InChI=1S/C40H51N5O8S/c1-25-32-28(27-13-9-10-14-29(27)41-25)16-19-39(52-32)23-31-33(46)43-40(35(48)44-54(50,51)38(3)20-21-38)22-26(40)12-7-5-4-6-8-15-30(34(47)45(31)24-39)42-36(49)53-37(2)17-11-18-37/h7,9-10,12-14,26,30-31H,4-6,8,11,15-24H2,1-3H3,(H,42,49)(H,43,46)(H,44,48)/b12-7-/t26-,30+,31+,39-,40-/m1/s1. The first-order chi connectivity index (χ1) is 25.7. The first kappa shape index (κ1) is 36.8. The molecule has 0 radical (unpaired) electrons. The van der Waals surface area contributed by atoms with Crippen molar-refractivity contribution < 1.29 is 37.1 Å². The molecule has 3 saturated carbocycles. The van der Waals surface area contributed by atoms with E-state index >= 15 is 0 Å². The fraction of sp³-hybridized carbons (Fsp3) is 0.625. The third-order valence-electron chi connectivity index (χ3n) is 12.9. The maximum absolute atomic E-state index is 14.8. The molecule has 1 spiro atoms. The number of aryl methyl sites for hydroxylation is 2. The molecule has 3 aliphatic carbocycles. The van der Waals surface area contributed by atoms with E-state index in [9.17, 15) is 27.6 Å². The lowest BCUT2D eigenvalue weighted by molar-refractivity contribution is -0.141. The van der Waals surface area contributed by atoms with Crippen LogP contribution in [0.4, 0.5) is 4.79 Å². The van der Waals surface area contributed by atoms with Crippen LogP contribution in [0, 0.1) is 12.8 Å². The summed E-state index contributed by atoms with van der Waals surface area (Å²) in [7, 11) is -3.97. The summed E-state index contributed by atoms with van der Waals surface area (Å²) in [5.74, 6) is -1.53. The van der Waals surface area contributed by atoms with Gasteiger partial charge in [0.1, 0.15) is 34.6 Å². The number of para-hydroxylation sites is 1. The van der Waals surface area contributed by atoms with Crippen molar-refractivity contribution in [1.82, 2.24) is 25.2 Å². The van der Waals surface area contributed by atoms with Gasteiger partial charge in [0.25, 0.3) is 5.91 Å². The lowest BCUT2D eigenvalue weighted by Crippen LogP contribution is -2.59. The lowest BCUT2D eigenvalue weighted by atomic mass is 9.82. The highest BCUT2D eigenvalue weighted by Gasteiger charge is 2.64. The van der Waals surface area contributed by atoms with Gasteiger partial charge in [-0.3, -0.25) is 19.1 Å². The topological polar surface area (TPSA) is 173 Å². The molecule has 5 atom stereocenters. The Bertz CT molecular complexity index is 2040. The fourth-order valence-corrected chi connectivity index (χ4v) is 10.1. The van der Waals surface area contributed by atoms with Gasteiger partial charge in [-0.15, -0.1) is 0 Å². The molecular formula is C40H51N5O8S. The zero-order chi connectivity index (χ0) is 38.1. The van der Waals surface area contributed by atoms with Gasteiger partial charge in [-0.25, -0.2) is 18.2 Å². The molecule has 8 rings (SSSR count). The molecule has 4 amide bonds. The number of allylic oxidation sites excluding steroid dienone is 1. The van der Waals surface area contributed by atoms with Gasteiger partial charge >= 0.3 is 6.09 Å². The molecule has 13 nitrogen and oxygen atoms in total. The Balaban J connectivity index is 1.12. The predicted molar refractivity (Wildman–Crippen MR) is 200 cm³/mol. The third kappa shape index (κ3) is 6.62. The summed E-state index contributed by atoms with van der Waals surface area (Å²) in [5.41, 5.74) is -0.396. The number of pyridine rings is 1. The van der Waals surface area contributed by atoms with E-state index in [4.69, 9.17) is 14.5 Å². The highest BCUT2D eigenvalue weighted by molar-refractivity contribution is 7.91. The van der Waals surface area contributed by atoms with Crippen LogP contribution in [0.1, 0.15) is 109 Å². The Morgan fingerprint density at radius 3 is 2.54 bits per heavy atom. The summed E-state index contributed by atoms with van der Waals surface area (Å²) in [6.07, 6.45) is 11.5. The van der Waals surface area contributed by atoms with E-state index in [0.29, 0.717) is 56.4 Å². The fourth-order valence-electron chi connectivity index (χ4n) is 8.81. The van der Waals surface area contributed by atoms with E-state index < -0.39 is 73.3 Å². The summed E-state index contributed by atoms with van der Waals surface area (Å²) in [5, 5.41) is 6.81. The number of sulfonamides is 1. The summed E-state index contributed by atoms with van der Waals surface area (Å²) < 4.78 is 40.3. The maximum Gasteiger partial charge on any atom is 0.408 e. The molecule has 14 heteroatoms. The molecule has 1 aromatic carbocycles. The molecule has 1 aromatic heterocycles. The number of nitrogens with zero attached hydrogens (tertiary/aromatic N) is 2. The van der Waals surface area contributed by atoms with E-state index in [-0.39, 0.29) is 19.4 Å². The molecule has 1 saturated heterocycles. The van der Waals surface area contributed by atoms with Crippen molar-refractivity contribution in [2.24, 2.45) is 5.92 Å². The van der Waals surface area contributed by atoms with Crippen LogP contribution >= 0.6 is 0 Å². The second kappa shape index (κ2) is 13.2. The van der Waals surface area contributed by atoms with E-state index in [0.717, 1.165) is 48.6 Å². The number of carbonyl (C=O) groups excluding carboxylic acids is 4. The Kier molecular flexibility index (Phi) is 9.01. The van der Waals surface area contributed by atoms with Gasteiger partial charge in [-0.1, -0.05) is 43.2 Å². The zero-order valence-corrected chi connectivity index (χ0v) is 32.2. The first-order valence-electron chi connectivity index (χ1n) is 19.6. The Labute approximate surface area is 316 Å². The minimum atomic E-state index is -3.97. The number of ether oxygens (including phenoxy) is 2. The summed E-state index contributed by atoms with van der Waals surface area (Å²) in [6.45, 7) is 5.47. The van der Waals surface area contributed by atoms with Crippen molar-refractivity contribution in [1.29, 1.82) is 0 Å². The van der Waals surface area contributed by atoms with Gasteiger partial charge < -0.3 is 25.0 Å². The molecule has 4 heterocycles. The smallest absolute Gasteiger partial charge is 0.408 e. The first-order valence-corrected chi connectivity index (χ1v) is 21.1. The van der Waals surface area contributed by atoms with Crippen LogP contribution in [0.3, 0.4) is 0 Å². The summed E-state index contributed by atoms with van der Waals surface area (Å²) in [6, 6.07) is 5.88. The van der Waals surface area contributed by atoms with Crippen molar-refractivity contribution in [3.63, 3.8) is 0 Å². The average molecular weight is 762 g/mol. The van der Waals surface area contributed by atoms with Gasteiger partial charge in [0, 0.05) is 23.3 Å². The van der Waals surface area contributed by atoms with Crippen molar-refractivity contribution in [3.8, 4) is 5.75 Å². The number of nitrogens with one attached hydrogen (secondary N) is 3. The van der Waals surface area contributed by atoms with Crippen molar-refractivity contribution >= 4 is 44.7 Å². The highest BCUT2D eigenvalue weighted by Crippen LogP contribution is 2.49. The lowest BCUT2D eigenvalue weighted by Gasteiger charge is -2.38. The summed E-state index contributed by atoms with van der Waals surface area (Å²) >= 11 is 0. The number of aromatic nitrogens is 1. The molecule has 0 unspecified atom stereocenters. The van der Waals surface area contributed by atoms with Gasteiger partial charge in [0.15, 0.2) is 0 Å². The maximum atomic E-state index is 14.8. The molecule has 4 fully saturated rings. The van der Waals surface area contributed by atoms with E-state index in [1.54, 1.807) is 6.92 Å². The van der Waals surface area contributed by atoms with Crippen molar-refractivity contribution in [3.05, 3.63) is 47.7 Å². The molecule has 0 bridgehead atoms. The number of hydrogen-bond acceptors (Lipinski definition) is 9. The molecule has 290 valence electrons. The number of carbonyl (C=O) groups is 4. The van der Waals surface area contributed by atoms with E-state index in [2.05, 4.69) is 15.4 Å². The quantitative estimate of drug-likeness (QED) is 0.367. The largest absolute Gasteiger partial charge is 0.483 e. The van der Waals surface area contributed by atoms with Crippen LogP contribution in [0.15, 0.2) is 36.4 Å². The van der Waals surface area contributed by atoms with Crippen LogP contribution in [-0.4, -0.2) is 82.2 Å². The van der Waals surface area contributed by atoms with Crippen molar-refractivity contribution in [2.45, 2.75) is 144 Å². The third-order valence-corrected chi connectivity index (χ3v) is 15.1. The second-order valence-electron chi connectivity index (χ2n) is 17.1. The van der Waals surface area contributed by atoms with Crippen LogP contribution in [0.5, 0.6) is 5.75 Å². The molecule has 2 aromatic rings. The number of rotatable bonds is 5. The van der Waals surface area contributed by atoms with Gasteiger partial charge in [-0.05, 0) is 97.5 Å². The Hall–Kier alpha value is -4.20. The number of benzene rings is 1. The highest BCUT2D eigenvalue weighted by atomic mass is 32.2. The van der Waals surface area contributed by atoms with Gasteiger partial charge in [0.05, 0.1) is 22.5 Å². The SMILES string of the molecule is Cc1nc2ccccc2c2c1O[C@]1(CC2)C[C@H]2C(=O)N[C@]3(C(=O)NS(=O)(=O)C4(C)CC4)C[C@H]3/C=C\CCCCC[C@H](NC(=O)OC3(C)CCC3)C(=O)N2C1. The minimum absolute atomic E-state index is 0.0792. The molecule has 3 N–H and O–H groups in total. The van der Waals surface area contributed by atoms with E-state index in [1.807, 2.05) is 50.3 Å². The number of alkyl carbamates (subject to hydrolysis) is 1.